The predicted molar refractivity (Wildman–Crippen MR) is 104 cm³/mol. The van der Waals surface area contributed by atoms with Crippen LogP contribution in [-0.4, -0.2) is 23.1 Å². The van der Waals surface area contributed by atoms with Crippen molar-refractivity contribution in [2.45, 2.75) is 45.1 Å². The van der Waals surface area contributed by atoms with Crippen molar-refractivity contribution in [2.24, 2.45) is 35.5 Å². The van der Waals surface area contributed by atoms with Crippen molar-refractivity contribution < 1.29 is 19.1 Å². The summed E-state index contributed by atoms with van der Waals surface area (Å²) in [6, 6.07) is 7.55. The highest BCUT2D eigenvalue weighted by Crippen LogP contribution is 2.66. The van der Waals surface area contributed by atoms with E-state index in [1.165, 1.54) is 0 Å². The quantitative estimate of drug-likeness (QED) is 0.452. The zero-order valence-electron chi connectivity index (χ0n) is 16.6. The van der Waals surface area contributed by atoms with Gasteiger partial charge in [0.25, 0.3) is 0 Å². The highest BCUT2D eigenvalue weighted by molar-refractivity contribution is 5.99. The number of fused-ring (bicyclic) bond motifs is 9. The number of esters is 1. The Morgan fingerprint density at radius 3 is 2.29 bits per heavy atom. The molecule has 0 N–H and O–H groups in total. The molecule has 146 valence electrons. The highest BCUT2D eigenvalue weighted by Gasteiger charge is 2.68. The standard InChI is InChI=1S/C24H26O4/c1-4-24(2,3)28-23(27)13-7-5-12(6-8-13)16-11-17-18-14-9-10-15(21(14)25)19(18)20(16)22(17)26/h5-10,14-20H,4,11H2,1-3H3. The number of hydrogen-bond donors (Lipinski definition) is 0. The second kappa shape index (κ2) is 5.88. The average Bonchev–Trinajstić information content (AvgIpc) is 3.38. The third kappa shape index (κ3) is 2.33. The number of carbonyl (C=O) groups excluding carboxylic acids is 3. The minimum atomic E-state index is -0.483. The minimum Gasteiger partial charge on any atom is -0.456 e. The van der Waals surface area contributed by atoms with Gasteiger partial charge in [-0.3, -0.25) is 9.59 Å². The van der Waals surface area contributed by atoms with E-state index in [0.29, 0.717) is 17.1 Å². The molecule has 0 amide bonds. The van der Waals surface area contributed by atoms with Gasteiger partial charge < -0.3 is 4.74 Å². The van der Waals surface area contributed by atoms with Gasteiger partial charge in [0.15, 0.2) is 0 Å². The van der Waals surface area contributed by atoms with Crippen LogP contribution < -0.4 is 0 Å². The van der Waals surface area contributed by atoms with Crippen LogP contribution in [0.2, 0.25) is 0 Å². The lowest BCUT2D eigenvalue weighted by Gasteiger charge is -2.34. The number of carbonyl (C=O) groups is 3. The Hall–Kier alpha value is -2.23. The van der Waals surface area contributed by atoms with Gasteiger partial charge in [-0.25, -0.2) is 4.79 Å². The van der Waals surface area contributed by atoms with Crippen LogP contribution in [0, 0.1) is 35.5 Å². The van der Waals surface area contributed by atoms with Crippen molar-refractivity contribution in [1.82, 2.24) is 0 Å². The molecule has 4 nitrogen and oxygen atoms in total. The van der Waals surface area contributed by atoms with Crippen molar-refractivity contribution in [1.29, 1.82) is 0 Å². The third-order valence-electron chi connectivity index (χ3n) is 7.77. The van der Waals surface area contributed by atoms with Gasteiger partial charge in [-0.15, -0.1) is 0 Å². The van der Waals surface area contributed by atoms with Crippen molar-refractivity contribution >= 4 is 17.5 Å². The largest absolute Gasteiger partial charge is 0.456 e. The molecule has 28 heavy (non-hydrogen) atoms. The number of ketones is 2. The van der Waals surface area contributed by atoms with Crippen LogP contribution in [0.15, 0.2) is 36.4 Å². The van der Waals surface area contributed by atoms with E-state index in [2.05, 4.69) is 0 Å². The Bertz CT molecular complexity index is 894. The number of hydrogen-bond acceptors (Lipinski definition) is 4. The van der Waals surface area contributed by atoms with E-state index in [1.807, 2.05) is 57.2 Å². The summed E-state index contributed by atoms with van der Waals surface area (Å²) in [5, 5.41) is 0. The van der Waals surface area contributed by atoms with Gasteiger partial charge in [0, 0.05) is 23.7 Å². The average molecular weight is 378 g/mol. The molecule has 7 unspecified atom stereocenters. The van der Waals surface area contributed by atoms with Gasteiger partial charge in [0.2, 0.25) is 0 Å². The molecule has 1 aromatic rings. The molecule has 4 heteroatoms. The lowest BCUT2D eigenvalue weighted by molar-refractivity contribution is -0.125. The molecule has 1 aromatic carbocycles. The molecule has 0 saturated heterocycles. The fourth-order valence-corrected chi connectivity index (χ4v) is 6.13. The van der Waals surface area contributed by atoms with Crippen LogP contribution in [0.3, 0.4) is 0 Å². The maximum atomic E-state index is 12.9. The molecular weight excluding hydrogens is 352 g/mol. The monoisotopic (exact) mass is 378 g/mol. The Labute approximate surface area is 165 Å². The third-order valence-corrected chi connectivity index (χ3v) is 7.77. The van der Waals surface area contributed by atoms with Crippen LogP contribution in [0.25, 0.3) is 0 Å². The van der Waals surface area contributed by atoms with E-state index >= 15 is 0 Å². The Kier molecular flexibility index (Phi) is 3.75. The first-order valence-corrected chi connectivity index (χ1v) is 10.4. The first-order chi connectivity index (χ1) is 13.3. The number of Topliss-reactive ketones (excluding diaryl/α,β-unsaturated/α-hetero) is 2. The number of benzene rings is 1. The van der Waals surface area contributed by atoms with Crippen LogP contribution >= 0.6 is 0 Å². The minimum absolute atomic E-state index is 0.0195. The molecule has 0 radical (unpaired) electrons. The SMILES string of the molecule is CCC(C)(C)OC(=O)c1ccc(C2CC3C(=O)C2C2C4C=CC(C4=O)C32)cc1. The van der Waals surface area contributed by atoms with E-state index < -0.39 is 5.60 Å². The van der Waals surface area contributed by atoms with Crippen molar-refractivity contribution in [3.63, 3.8) is 0 Å². The zero-order chi connectivity index (χ0) is 19.8. The van der Waals surface area contributed by atoms with E-state index in [4.69, 9.17) is 4.74 Å². The molecule has 0 aliphatic heterocycles. The van der Waals surface area contributed by atoms with E-state index in [1.54, 1.807) is 0 Å². The summed E-state index contributed by atoms with van der Waals surface area (Å²) < 4.78 is 5.57. The molecule has 0 heterocycles. The lowest BCUT2D eigenvalue weighted by Crippen LogP contribution is -2.30. The van der Waals surface area contributed by atoms with E-state index in [0.717, 1.165) is 18.4 Å². The fraction of sp³-hybridized carbons (Fsp3) is 0.542. The summed E-state index contributed by atoms with van der Waals surface area (Å²) in [6.45, 7) is 5.80. The number of ether oxygens (including phenoxy) is 1. The zero-order valence-corrected chi connectivity index (χ0v) is 16.6. The first-order valence-electron chi connectivity index (χ1n) is 10.4. The number of rotatable bonds is 4. The summed E-state index contributed by atoms with van der Waals surface area (Å²) in [6.07, 6.45) is 5.66. The summed E-state index contributed by atoms with van der Waals surface area (Å²) in [4.78, 5) is 37.8. The van der Waals surface area contributed by atoms with Gasteiger partial charge >= 0.3 is 5.97 Å². The Morgan fingerprint density at radius 1 is 1.00 bits per heavy atom. The van der Waals surface area contributed by atoms with E-state index in [-0.39, 0.29) is 47.4 Å². The fourth-order valence-electron chi connectivity index (χ4n) is 6.13. The van der Waals surface area contributed by atoms with Gasteiger partial charge in [-0.2, -0.15) is 0 Å². The van der Waals surface area contributed by atoms with Crippen LogP contribution in [0.5, 0.6) is 0 Å². The molecule has 4 aliphatic carbocycles. The molecule has 5 rings (SSSR count). The summed E-state index contributed by atoms with van der Waals surface area (Å²) in [5.41, 5.74) is 1.16. The second-order valence-corrected chi connectivity index (χ2v) is 9.50. The summed E-state index contributed by atoms with van der Waals surface area (Å²) in [7, 11) is 0. The molecule has 0 aromatic heterocycles. The molecule has 3 fully saturated rings. The Morgan fingerprint density at radius 2 is 1.64 bits per heavy atom. The molecule has 7 atom stereocenters. The highest BCUT2D eigenvalue weighted by atomic mass is 16.6. The molecule has 0 spiro atoms. The smallest absolute Gasteiger partial charge is 0.338 e. The summed E-state index contributed by atoms with van der Waals surface area (Å²) >= 11 is 0. The van der Waals surface area contributed by atoms with Gasteiger partial charge in [0.05, 0.1) is 5.56 Å². The summed E-state index contributed by atoms with van der Waals surface area (Å²) in [5.74, 6) is 0.873. The maximum absolute atomic E-state index is 12.9. The first kappa shape index (κ1) is 17.8. The van der Waals surface area contributed by atoms with Crippen molar-refractivity contribution in [3.8, 4) is 0 Å². The van der Waals surface area contributed by atoms with Gasteiger partial charge in [0.1, 0.15) is 17.2 Å². The van der Waals surface area contributed by atoms with Crippen molar-refractivity contribution in [3.05, 3.63) is 47.5 Å². The maximum Gasteiger partial charge on any atom is 0.338 e. The molecular formula is C24H26O4. The normalized spacial score (nSPS) is 37.6. The topological polar surface area (TPSA) is 60.4 Å². The lowest BCUT2D eigenvalue weighted by atomic mass is 9.68. The Balaban J connectivity index is 1.37. The van der Waals surface area contributed by atoms with E-state index in [9.17, 15) is 14.4 Å². The van der Waals surface area contributed by atoms with Crippen LogP contribution in [0.1, 0.15) is 55.5 Å². The molecule has 3 saturated carbocycles. The second-order valence-electron chi connectivity index (χ2n) is 9.50. The molecule has 4 aliphatic rings. The molecule has 4 bridgehead atoms. The van der Waals surface area contributed by atoms with Crippen molar-refractivity contribution in [2.75, 3.05) is 0 Å². The van der Waals surface area contributed by atoms with Crippen LogP contribution in [0.4, 0.5) is 0 Å². The predicted octanol–water partition coefficient (Wildman–Crippen LogP) is 3.95. The number of allylic oxidation sites excluding steroid dienone is 2. The van der Waals surface area contributed by atoms with Crippen LogP contribution in [-0.2, 0) is 14.3 Å². The van der Waals surface area contributed by atoms with Gasteiger partial charge in [-0.1, -0.05) is 31.2 Å². The van der Waals surface area contributed by atoms with Gasteiger partial charge in [-0.05, 0) is 62.1 Å².